The maximum Gasteiger partial charge on any atom is 0.343 e. The van der Waals surface area contributed by atoms with E-state index in [1.807, 2.05) is 24.3 Å². The molecule has 0 spiro atoms. The van der Waals surface area contributed by atoms with E-state index in [0.29, 0.717) is 5.75 Å². The summed E-state index contributed by atoms with van der Waals surface area (Å²) in [5.74, 6) is -0.437. The molecule has 0 aliphatic rings. The molecule has 3 aromatic carbocycles. The number of phenolic OH excluding ortho intramolecular Hbond substituents is 1. The summed E-state index contributed by atoms with van der Waals surface area (Å²) in [6.45, 7) is 4.16. The summed E-state index contributed by atoms with van der Waals surface area (Å²) in [7, 11) is 1.29. The first-order chi connectivity index (χ1) is 13.8. The molecule has 148 valence electrons. The third kappa shape index (κ3) is 4.46. The Morgan fingerprint density at radius 2 is 1.31 bits per heavy atom. The van der Waals surface area contributed by atoms with Gasteiger partial charge >= 0.3 is 11.9 Å². The van der Waals surface area contributed by atoms with Crippen LogP contribution in [0.4, 0.5) is 0 Å². The van der Waals surface area contributed by atoms with Crippen LogP contribution in [0.1, 0.15) is 45.7 Å². The van der Waals surface area contributed by atoms with Crippen molar-refractivity contribution >= 4 is 11.9 Å². The Bertz CT molecular complexity index is 1020. The van der Waals surface area contributed by atoms with Gasteiger partial charge in [-0.2, -0.15) is 0 Å². The van der Waals surface area contributed by atoms with Crippen LogP contribution in [0.2, 0.25) is 0 Å². The van der Waals surface area contributed by atoms with Gasteiger partial charge in [0.25, 0.3) is 0 Å². The Balaban J connectivity index is 1.76. The second-order valence-corrected chi connectivity index (χ2v) is 7.16. The van der Waals surface area contributed by atoms with Gasteiger partial charge in [0.05, 0.1) is 18.2 Å². The van der Waals surface area contributed by atoms with Crippen LogP contribution in [-0.2, 0) is 10.2 Å². The number of benzene rings is 3. The molecule has 3 rings (SSSR count). The molecular formula is C24H22O5. The highest BCUT2D eigenvalue weighted by Gasteiger charge is 2.23. The molecular weight excluding hydrogens is 368 g/mol. The Labute approximate surface area is 169 Å². The minimum absolute atomic E-state index is 0.225. The number of hydrogen-bond donors (Lipinski definition) is 1. The Kier molecular flexibility index (Phi) is 5.69. The van der Waals surface area contributed by atoms with Crippen LogP contribution in [0, 0.1) is 0 Å². The van der Waals surface area contributed by atoms with Crippen molar-refractivity contribution in [3.05, 3.63) is 95.1 Å². The van der Waals surface area contributed by atoms with Crippen LogP contribution in [0.25, 0.3) is 0 Å². The number of ether oxygens (including phenoxy) is 2. The van der Waals surface area contributed by atoms with E-state index < -0.39 is 11.9 Å². The molecule has 5 nitrogen and oxygen atoms in total. The zero-order valence-corrected chi connectivity index (χ0v) is 16.5. The van der Waals surface area contributed by atoms with Crippen molar-refractivity contribution in [1.82, 2.24) is 0 Å². The minimum Gasteiger partial charge on any atom is -0.508 e. The molecule has 0 aromatic heterocycles. The summed E-state index contributed by atoms with van der Waals surface area (Å²) in [6.07, 6.45) is 0. The average Bonchev–Trinajstić information content (AvgIpc) is 2.74. The van der Waals surface area contributed by atoms with Crippen LogP contribution in [-0.4, -0.2) is 24.2 Å². The lowest BCUT2D eigenvalue weighted by atomic mass is 9.78. The highest BCUT2D eigenvalue weighted by molar-refractivity contribution is 5.96. The fourth-order valence-corrected chi connectivity index (χ4v) is 3.04. The zero-order chi connectivity index (χ0) is 21.0. The fourth-order valence-electron chi connectivity index (χ4n) is 3.04. The summed E-state index contributed by atoms with van der Waals surface area (Å²) in [6, 6.07) is 20.6. The van der Waals surface area contributed by atoms with Crippen LogP contribution in [0.15, 0.2) is 72.8 Å². The van der Waals surface area contributed by atoms with E-state index >= 15 is 0 Å². The predicted molar refractivity (Wildman–Crippen MR) is 109 cm³/mol. The minimum atomic E-state index is -0.554. The average molecular weight is 390 g/mol. The molecule has 0 amide bonds. The molecule has 0 saturated carbocycles. The summed E-state index contributed by atoms with van der Waals surface area (Å²) in [4.78, 5) is 24.0. The van der Waals surface area contributed by atoms with E-state index in [1.54, 1.807) is 42.5 Å². The largest absolute Gasteiger partial charge is 0.508 e. The van der Waals surface area contributed by atoms with Gasteiger partial charge in [0.2, 0.25) is 0 Å². The predicted octanol–water partition coefficient (Wildman–Crippen LogP) is 4.72. The molecule has 1 N–H and O–H groups in total. The summed E-state index contributed by atoms with van der Waals surface area (Å²) in [5, 5.41) is 9.49. The second-order valence-electron chi connectivity index (χ2n) is 7.16. The van der Waals surface area contributed by atoms with Gasteiger partial charge in [-0.25, -0.2) is 9.59 Å². The van der Waals surface area contributed by atoms with Gasteiger partial charge in [-0.15, -0.1) is 0 Å². The molecule has 0 aliphatic carbocycles. The maximum absolute atomic E-state index is 12.4. The zero-order valence-electron chi connectivity index (χ0n) is 16.5. The summed E-state index contributed by atoms with van der Waals surface area (Å²) in [5.41, 5.74) is 2.36. The van der Waals surface area contributed by atoms with Gasteiger partial charge in [-0.3, -0.25) is 0 Å². The lowest BCUT2D eigenvalue weighted by Crippen LogP contribution is -2.18. The van der Waals surface area contributed by atoms with Crippen molar-refractivity contribution in [2.75, 3.05) is 7.11 Å². The molecule has 5 heteroatoms. The van der Waals surface area contributed by atoms with Crippen molar-refractivity contribution in [2.45, 2.75) is 19.3 Å². The van der Waals surface area contributed by atoms with Crippen molar-refractivity contribution in [3.63, 3.8) is 0 Å². The molecule has 0 radical (unpaired) electrons. The van der Waals surface area contributed by atoms with Gasteiger partial charge < -0.3 is 14.6 Å². The van der Waals surface area contributed by atoms with Gasteiger partial charge in [0, 0.05) is 5.41 Å². The quantitative estimate of drug-likeness (QED) is 0.504. The van der Waals surface area contributed by atoms with Crippen LogP contribution in [0.5, 0.6) is 11.5 Å². The molecule has 0 heterocycles. The first-order valence-corrected chi connectivity index (χ1v) is 9.12. The molecule has 0 saturated heterocycles. The highest BCUT2D eigenvalue weighted by atomic mass is 16.5. The molecule has 0 fully saturated rings. The molecule has 29 heavy (non-hydrogen) atoms. The Hall–Kier alpha value is -3.60. The number of carbonyl (C=O) groups excluding carboxylic acids is 2. The van der Waals surface area contributed by atoms with E-state index in [1.165, 1.54) is 13.2 Å². The summed E-state index contributed by atoms with van der Waals surface area (Å²) >= 11 is 0. The number of hydrogen-bond acceptors (Lipinski definition) is 5. The standard InChI is InChI=1S/C24H22O5/c1-24(2,18-7-11-20(25)12-8-18)19-9-13-21(14-10-19)29-23(27)17-6-4-5-16(15-17)22(26)28-3/h4-15,25H,1-3H3. The number of esters is 2. The fraction of sp³-hybridized carbons (Fsp3) is 0.167. The molecule has 0 aliphatic heterocycles. The molecule has 3 aromatic rings. The number of methoxy groups -OCH3 is 1. The van der Waals surface area contributed by atoms with Gasteiger partial charge in [-0.05, 0) is 53.6 Å². The lowest BCUT2D eigenvalue weighted by Gasteiger charge is -2.26. The van der Waals surface area contributed by atoms with E-state index in [2.05, 4.69) is 18.6 Å². The third-order valence-corrected chi connectivity index (χ3v) is 4.89. The van der Waals surface area contributed by atoms with Crippen molar-refractivity contribution in [2.24, 2.45) is 0 Å². The van der Waals surface area contributed by atoms with Gasteiger partial charge in [0.15, 0.2) is 0 Å². The van der Waals surface area contributed by atoms with Crippen molar-refractivity contribution in [1.29, 1.82) is 0 Å². The van der Waals surface area contributed by atoms with E-state index in [-0.39, 0.29) is 22.3 Å². The number of phenols is 1. The number of aromatic hydroxyl groups is 1. The number of carbonyl (C=O) groups is 2. The molecule has 0 bridgehead atoms. The second kappa shape index (κ2) is 8.19. The monoisotopic (exact) mass is 390 g/mol. The number of rotatable bonds is 5. The normalized spacial score (nSPS) is 11.0. The summed E-state index contributed by atoms with van der Waals surface area (Å²) < 4.78 is 10.1. The molecule has 0 unspecified atom stereocenters. The van der Waals surface area contributed by atoms with Gasteiger partial charge in [-0.1, -0.05) is 44.2 Å². The van der Waals surface area contributed by atoms with E-state index in [0.717, 1.165) is 11.1 Å². The lowest BCUT2D eigenvalue weighted by molar-refractivity contribution is 0.0600. The Morgan fingerprint density at radius 3 is 1.86 bits per heavy atom. The third-order valence-electron chi connectivity index (χ3n) is 4.89. The smallest absolute Gasteiger partial charge is 0.343 e. The molecule has 0 atom stereocenters. The van der Waals surface area contributed by atoms with E-state index in [4.69, 9.17) is 4.74 Å². The maximum atomic E-state index is 12.4. The SMILES string of the molecule is COC(=O)c1cccc(C(=O)Oc2ccc(C(C)(C)c3ccc(O)cc3)cc2)c1. The van der Waals surface area contributed by atoms with Crippen molar-refractivity contribution < 1.29 is 24.2 Å². The topological polar surface area (TPSA) is 72.8 Å². The van der Waals surface area contributed by atoms with Crippen LogP contribution >= 0.6 is 0 Å². The first kappa shape index (κ1) is 20.1. The van der Waals surface area contributed by atoms with Crippen LogP contribution < -0.4 is 4.74 Å². The van der Waals surface area contributed by atoms with Crippen LogP contribution in [0.3, 0.4) is 0 Å². The van der Waals surface area contributed by atoms with Gasteiger partial charge in [0.1, 0.15) is 11.5 Å². The van der Waals surface area contributed by atoms with Crippen molar-refractivity contribution in [3.8, 4) is 11.5 Å². The first-order valence-electron chi connectivity index (χ1n) is 9.12. The Morgan fingerprint density at radius 1 is 0.793 bits per heavy atom. The highest BCUT2D eigenvalue weighted by Crippen LogP contribution is 2.33. The van der Waals surface area contributed by atoms with E-state index in [9.17, 15) is 14.7 Å².